The highest BCUT2D eigenvalue weighted by Crippen LogP contribution is 2.59. The molecule has 8 heterocycles. The Hall–Kier alpha value is -10.4. The number of phenols is 2. The maximum Gasteiger partial charge on any atom is 0.247 e. The van der Waals surface area contributed by atoms with Crippen molar-refractivity contribution in [2.24, 2.45) is 0 Å². The van der Waals surface area contributed by atoms with Gasteiger partial charge in [0, 0.05) is 232 Å². The lowest BCUT2D eigenvalue weighted by Crippen LogP contribution is -2.49. The molecule has 5 fully saturated rings. The first-order valence-corrected chi connectivity index (χ1v) is 51.7. The van der Waals surface area contributed by atoms with Crippen molar-refractivity contribution in [3.63, 3.8) is 0 Å². The number of aromatic hydroxyl groups is 2. The number of phenolic OH excluding ortho intramolecular Hbond substituents is 2. The van der Waals surface area contributed by atoms with Crippen LogP contribution in [0.5, 0.6) is 34.5 Å². The summed E-state index contributed by atoms with van der Waals surface area (Å²) < 4.78 is 56.5. The molecule has 22 nitrogen and oxygen atoms in total. The molecule has 0 atom stereocenters. The van der Waals surface area contributed by atoms with Gasteiger partial charge in [-0.3, -0.25) is 38.9 Å². The Morgan fingerprint density at radius 1 is 0.310 bits per heavy atom. The van der Waals surface area contributed by atoms with Crippen LogP contribution in [0.25, 0.3) is 0 Å². The van der Waals surface area contributed by atoms with E-state index in [1.54, 1.807) is 24.3 Å². The van der Waals surface area contributed by atoms with Gasteiger partial charge in [-0.05, 0) is 185 Å². The van der Waals surface area contributed by atoms with E-state index in [1.165, 1.54) is 29.3 Å². The minimum atomic E-state index is -1.81. The summed E-state index contributed by atoms with van der Waals surface area (Å²) in [4.78, 5) is 69.1. The fourth-order valence-electron chi connectivity index (χ4n) is 21.1. The molecule has 17 rings (SSSR count). The smallest absolute Gasteiger partial charge is 0.247 e. The van der Waals surface area contributed by atoms with Crippen LogP contribution >= 0.6 is 0 Å². The normalized spacial score (nSPS) is 18.8. The number of nitrogens with one attached hydrogen (secondary N) is 3. The van der Waals surface area contributed by atoms with Gasteiger partial charge in [-0.2, -0.15) is 0 Å². The van der Waals surface area contributed by atoms with E-state index in [4.69, 9.17) is 18.9 Å². The van der Waals surface area contributed by atoms with Crippen molar-refractivity contribution in [2.45, 2.75) is 173 Å². The number of hydrogen-bond acceptors (Lipinski definition) is 19. The number of para-hydroxylation sites is 2. The Labute approximate surface area is 844 Å². The molecule has 0 saturated carbocycles. The SMILES string of the molecule is CC(C)(C)c1ccc(O)c(C2(c3cc(C(C)(C)C)ccc3O)C(=O)Nc3c2ccc(F)c3F)c1.CN1CCN(CCOc2ccc(C(C)(C)C)cc2C2(c3cc(C(C)(C)C)ccc3OCCN3CCN(C)CC3)C(=O)N(CCN3CCNCC3)c3ccccc32)CC1.CN1CCN(CCOc2ccc(C(C)(C)C)cc2C2(c3cc(C(C)(C)C)ccc3OCCN3CCN(C)CC3)C(=O)Nc3ccccc32)CC1. The molecule has 0 radical (unpaired) electrons. The van der Waals surface area contributed by atoms with Crippen molar-refractivity contribution in [1.29, 1.82) is 0 Å². The average Bonchev–Trinajstić information content (AvgIpc) is 1.53. The van der Waals surface area contributed by atoms with E-state index in [0.717, 1.165) is 260 Å². The summed E-state index contributed by atoms with van der Waals surface area (Å²) >= 11 is 0. The van der Waals surface area contributed by atoms with Crippen molar-refractivity contribution < 1.29 is 52.3 Å². The molecule has 5 N–H and O–H groups in total. The third-order valence-corrected chi connectivity index (χ3v) is 30.6. The fraction of sp³-hybridized carbons (Fsp3) is 0.517. The molecule has 9 aromatic rings. The molecule has 3 amide bonds. The first-order valence-electron chi connectivity index (χ1n) is 51.7. The molecule has 24 heteroatoms. The molecule has 0 aliphatic carbocycles. The van der Waals surface area contributed by atoms with Gasteiger partial charge < -0.3 is 69.6 Å². The van der Waals surface area contributed by atoms with E-state index in [-0.39, 0.29) is 78.2 Å². The number of carbonyl (C=O) groups is 3. The quantitative estimate of drug-likeness (QED) is 0.0362. The Morgan fingerprint density at radius 3 is 0.972 bits per heavy atom. The molecule has 0 aromatic heterocycles. The fourth-order valence-corrected chi connectivity index (χ4v) is 21.1. The lowest BCUT2D eigenvalue weighted by atomic mass is 9.67. The van der Waals surface area contributed by atoms with E-state index in [9.17, 15) is 23.8 Å². The van der Waals surface area contributed by atoms with E-state index in [0.29, 0.717) is 33.0 Å². The average molecular weight is 1940 g/mol. The van der Waals surface area contributed by atoms with Crippen LogP contribution in [0.1, 0.15) is 208 Å². The number of ether oxygens (including phenoxy) is 4. The zero-order chi connectivity index (χ0) is 102. The van der Waals surface area contributed by atoms with Crippen molar-refractivity contribution in [3.8, 4) is 34.5 Å². The number of amides is 3. The number of hydrogen-bond donors (Lipinski definition) is 5. The molecular weight excluding hydrogens is 1780 g/mol. The summed E-state index contributed by atoms with van der Waals surface area (Å²) in [6.07, 6.45) is 0. The highest BCUT2D eigenvalue weighted by molar-refractivity contribution is 6.15. The number of rotatable bonds is 25. The highest BCUT2D eigenvalue weighted by Gasteiger charge is 2.59. The van der Waals surface area contributed by atoms with Gasteiger partial charge in [0.25, 0.3) is 0 Å². The molecule has 142 heavy (non-hydrogen) atoms. The van der Waals surface area contributed by atoms with Gasteiger partial charge in [-0.1, -0.05) is 203 Å². The minimum Gasteiger partial charge on any atom is -0.508 e. The van der Waals surface area contributed by atoms with Crippen LogP contribution in [0.2, 0.25) is 0 Å². The monoisotopic (exact) mass is 1940 g/mol. The Balaban J connectivity index is 0.000000166. The number of nitrogens with zero attached hydrogens (tertiary/aromatic N) is 10. The van der Waals surface area contributed by atoms with Gasteiger partial charge in [0.15, 0.2) is 11.6 Å². The molecule has 0 spiro atoms. The summed E-state index contributed by atoms with van der Waals surface area (Å²) in [6.45, 7) is 66.4. The summed E-state index contributed by atoms with van der Waals surface area (Å²) in [6, 6.07) is 55.1. The number of benzene rings is 9. The predicted molar refractivity (Wildman–Crippen MR) is 570 cm³/mol. The molecule has 8 aliphatic rings. The summed E-state index contributed by atoms with van der Waals surface area (Å²) in [5.41, 5.74) is 8.26. The minimum absolute atomic E-state index is 0.0637. The van der Waals surface area contributed by atoms with Crippen LogP contribution in [-0.2, 0) is 63.1 Å². The zero-order valence-electron chi connectivity index (χ0n) is 88.9. The summed E-state index contributed by atoms with van der Waals surface area (Å²) in [5.74, 6) is -0.375. The highest BCUT2D eigenvalue weighted by atomic mass is 19.2. The molecular formula is C118H159F2N13O9. The third kappa shape index (κ3) is 22.7. The lowest BCUT2D eigenvalue weighted by Gasteiger charge is -2.36. The van der Waals surface area contributed by atoms with Crippen molar-refractivity contribution in [3.05, 3.63) is 265 Å². The second-order valence-electron chi connectivity index (χ2n) is 46.8. The Morgan fingerprint density at radius 2 is 0.613 bits per heavy atom. The van der Waals surface area contributed by atoms with E-state index >= 15 is 9.59 Å². The zero-order valence-corrected chi connectivity index (χ0v) is 88.9. The molecule has 0 unspecified atom stereocenters. The van der Waals surface area contributed by atoms with Gasteiger partial charge in [0.2, 0.25) is 17.7 Å². The summed E-state index contributed by atoms with van der Waals surface area (Å²) in [5, 5.41) is 31.4. The number of likely N-dealkylation sites (N-methyl/N-ethyl adjacent to an activating group) is 4. The van der Waals surface area contributed by atoms with Crippen LogP contribution in [0, 0.1) is 11.6 Å². The van der Waals surface area contributed by atoms with Gasteiger partial charge in [0.05, 0.1) is 5.69 Å². The van der Waals surface area contributed by atoms with Crippen molar-refractivity contribution in [2.75, 3.05) is 240 Å². The third-order valence-electron chi connectivity index (χ3n) is 30.6. The summed E-state index contributed by atoms with van der Waals surface area (Å²) in [7, 11) is 8.75. The molecule has 9 aromatic carbocycles. The largest absolute Gasteiger partial charge is 0.508 e. The molecule has 5 saturated heterocycles. The molecule has 764 valence electrons. The van der Waals surface area contributed by atoms with Crippen LogP contribution in [0.4, 0.5) is 25.8 Å². The van der Waals surface area contributed by atoms with E-state index < -0.39 is 33.8 Å². The maximum atomic E-state index is 16.2. The molecule has 8 aliphatic heterocycles. The first-order chi connectivity index (χ1) is 67.2. The van der Waals surface area contributed by atoms with Crippen molar-refractivity contribution >= 4 is 34.8 Å². The standard InChI is InChI=1S/C48H71N7O3.C42H59N5O3.C28H29F2NO3/c1-46(2,3)37-13-15-43(57-33-31-53-25-21-50(7)22-26-53)40(35-37)48(39-11-9-10-12-42(39)55(45(48)56)30-29-52-19-17-49-18-20-52)41-36-38(47(4,5)6)14-16-44(41)58-34-32-54-27-23-51(8)24-28-54;1-40(2,3)31-13-15-37(49-27-25-46-21-17-44(7)18-22-46)34(29-31)42(33-11-9-10-12-36(33)43-39(42)48)35-30-32(41(4,5)6)14-16-38(35)50-28-26-47-23-19-45(8)20-24-47;1-26(2,3)15-7-11-21(32)18(13-15)28(19-14-16(27(4,5)6)8-12-22(19)33)17-9-10-20(29)23(30)24(17)31-25(28)34/h9-16,35-36,49H,17-34H2,1-8H3;9-16,29-30H,17-28H2,1-8H3,(H,43,48);7-14,32-33H,1-6H3,(H,31,34). The lowest BCUT2D eigenvalue weighted by molar-refractivity contribution is -0.121. The molecule has 0 bridgehead atoms. The number of fused-ring (bicyclic) bond motifs is 3. The maximum absolute atomic E-state index is 16.2. The predicted octanol–water partition coefficient (Wildman–Crippen LogP) is 17.2. The van der Waals surface area contributed by atoms with Crippen LogP contribution in [0.3, 0.4) is 0 Å². The van der Waals surface area contributed by atoms with Crippen molar-refractivity contribution in [1.82, 2.24) is 49.4 Å². The number of carbonyl (C=O) groups excluding carboxylic acids is 3. The van der Waals surface area contributed by atoms with Crippen LogP contribution < -0.4 is 39.8 Å². The van der Waals surface area contributed by atoms with Gasteiger partial charge >= 0.3 is 0 Å². The Kier molecular flexibility index (Phi) is 32.2. The van der Waals surface area contributed by atoms with Gasteiger partial charge in [-0.15, -0.1) is 0 Å². The Bertz CT molecular complexity index is 5700. The topological polar surface area (TPSA) is 197 Å². The second kappa shape index (κ2) is 43.1. The van der Waals surface area contributed by atoms with E-state index in [1.807, 2.05) is 59.7 Å². The number of anilines is 3. The first kappa shape index (κ1) is 106. The van der Waals surface area contributed by atoms with Gasteiger partial charge in [0.1, 0.15) is 77.2 Å². The van der Waals surface area contributed by atoms with E-state index in [2.05, 4.69) is 279 Å². The number of halogens is 2. The van der Waals surface area contributed by atoms with Gasteiger partial charge in [-0.25, -0.2) is 8.78 Å². The van der Waals surface area contributed by atoms with Crippen LogP contribution in [-0.4, -0.2) is 297 Å². The number of piperazine rings is 5. The second-order valence-corrected chi connectivity index (χ2v) is 46.8. The van der Waals surface area contributed by atoms with Crippen LogP contribution in [0.15, 0.2) is 170 Å².